The van der Waals surface area contributed by atoms with Gasteiger partial charge in [0.15, 0.2) is 6.23 Å². The molecule has 2 heterocycles. The van der Waals surface area contributed by atoms with E-state index in [9.17, 15) is 24.1 Å². The summed E-state index contributed by atoms with van der Waals surface area (Å²) in [6.45, 7) is 4.32. The fourth-order valence-electron chi connectivity index (χ4n) is 3.29. The second kappa shape index (κ2) is 11.3. The van der Waals surface area contributed by atoms with Gasteiger partial charge in [0.25, 0.3) is 5.56 Å². The third kappa shape index (κ3) is 6.88. The Bertz CT molecular complexity index is 1170. The van der Waals surface area contributed by atoms with Crippen molar-refractivity contribution in [1.29, 1.82) is 0 Å². The molecule has 1 aromatic heterocycles. The van der Waals surface area contributed by atoms with Crippen LogP contribution in [0.15, 0.2) is 52.2 Å². The summed E-state index contributed by atoms with van der Waals surface area (Å²) in [6, 6.07) is 7.13. The van der Waals surface area contributed by atoms with Crippen LogP contribution in [0, 0.1) is 0 Å². The smallest absolute Gasteiger partial charge is 0.459 e. The molecule has 14 heteroatoms. The number of para-hydroxylation sites is 1. The number of benzene rings is 1. The fraction of sp³-hybridized carbons (Fsp3) is 0.476. The highest BCUT2D eigenvalue weighted by Gasteiger charge is 2.44. The highest BCUT2D eigenvalue weighted by Crippen LogP contribution is 2.45. The normalized spacial score (nSPS) is 24.6. The van der Waals surface area contributed by atoms with Crippen molar-refractivity contribution in [3.8, 4) is 5.75 Å². The van der Waals surface area contributed by atoms with E-state index in [-0.39, 0.29) is 11.9 Å². The molecule has 0 aliphatic carbocycles. The predicted molar refractivity (Wildman–Crippen MR) is 124 cm³/mol. The summed E-state index contributed by atoms with van der Waals surface area (Å²) < 4.78 is 36.5. The quantitative estimate of drug-likeness (QED) is 0.253. The molecule has 1 aromatic carbocycles. The van der Waals surface area contributed by atoms with Crippen LogP contribution in [0.5, 0.6) is 5.75 Å². The van der Waals surface area contributed by atoms with E-state index in [1.165, 1.54) is 13.1 Å². The molecule has 35 heavy (non-hydrogen) atoms. The van der Waals surface area contributed by atoms with E-state index in [1.807, 2.05) is 0 Å². The molecule has 5 N–H and O–H groups in total. The maximum atomic E-state index is 13.5. The van der Waals surface area contributed by atoms with Gasteiger partial charge in [-0.3, -0.25) is 23.7 Å². The summed E-state index contributed by atoms with van der Waals surface area (Å²) in [5, 5.41) is 13.1. The van der Waals surface area contributed by atoms with Gasteiger partial charge >= 0.3 is 19.4 Å². The lowest BCUT2D eigenvalue weighted by atomic mass is 10.1. The van der Waals surface area contributed by atoms with E-state index in [4.69, 9.17) is 24.3 Å². The maximum Gasteiger partial charge on any atom is 0.459 e. The Morgan fingerprint density at radius 3 is 2.57 bits per heavy atom. The molecule has 192 valence electrons. The van der Waals surface area contributed by atoms with Gasteiger partial charge in [-0.05, 0) is 32.9 Å². The van der Waals surface area contributed by atoms with Crippen molar-refractivity contribution in [2.75, 3.05) is 6.61 Å². The average molecular weight is 512 g/mol. The van der Waals surface area contributed by atoms with Crippen molar-refractivity contribution >= 4 is 13.7 Å². The van der Waals surface area contributed by atoms with Crippen LogP contribution in [-0.2, 0) is 23.4 Å². The van der Waals surface area contributed by atoms with Crippen molar-refractivity contribution in [2.24, 2.45) is 5.73 Å². The summed E-state index contributed by atoms with van der Waals surface area (Å²) >= 11 is 0. The summed E-state index contributed by atoms with van der Waals surface area (Å²) in [4.78, 5) is 37.8. The van der Waals surface area contributed by atoms with Crippen LogP contribution in [0.2, 0.25) is 0 Å². The summed E-state index contributed by atoms with van der Waals surface area (Å²) in [5.41, 5.74) is 4.64. The minimum atomic E-state index is -4.20. The molecule has 0 saturated carbocycles. The predicted octanol–water partition coefficient (Wildman–Crippen LogP) is 0.256. The lowest BCUT2D eigenvalue weighted by Gasteiger charge is -2.25. The third-order valence-corrected chi connectivity index (χ3v) is 6.62. The number of nitrogens with one attached hydrogen (secondary N) is 2. The number of nitrogens with zero attached hydrogens (tertiary/aromatic N) is 1. The van der Waals surface area contributed by atoms with E-state index in [1.54, 1.807) is 44.2 Å². The maximum absolute atomic E-state index is 13.5. The minimum Gasteiger partial charge on any atom is -0.462 e. The van der Waals surface area contributed by atoms with Gasteiger partial charge in [-0.15, -0.1) is 0 Å². The first-order chi connectivity index (χ1) is 16.5. The Morgan fingerprint density at radius 1 is 1.26 bits per heavy atom. The summed E-state index contributed by atoms with van der Waals surface area (Å²) in [6.07, 6.45) is -2.74. The first-order valence-electron chi connectivity index (χ1n) is 10.9. The van der Waals surface area contributed by atoms with Crippen molar-refractivity contribution in [1.82, 2.24) is 14.6 Å². The summed E-state index contributed by atoms with van der Waals surface area (Å²) in [7, 11) is -4.20. The molecule has 0 radical (unpaired) electrons. The molecule has 1 unspecified atom stereocenters. The van der Waals surface area contributed by atoms with E-state index >= 15 is 0 Å². The van der Waals surface area contributed by atoms with E-state index in [2.05, 4.69) is 10.1 Å². The van der Waals surface area contributed by atoms with Gasteiger partial charge in [0.1, 0.15) is 24.0 Å². The Labute approximate surface area is 200 Å². The van der Waals surface area contributed by atoms with E-state index < -0.39 is 62.1 Å². The number of hydrogen-bond donors (Lipinski definition) is 4. The number of aliphatic hydroxyl groups is 1. The average Bonchev–Trinajstić information content (AvgIpc) is 3.06. The molecule has 3 rings (SSSR count). The number of aromatic nitrogens is 2. The van der Waals surface area contributed by atoms with Gasteiger partial charge in [-0.2, -0.15) is 5.09 Å². The van der Waals surface area contributed by atoms with Crippen molar-refractivity contribution in [2.45, 2.75) is 57.4 Å². The number of aromatic amines is 1. The monoisotopic (exact) mass is 512 g/mol. The number of rotatable bonds is 10. The molecule has 1 aliphatic rings. The van der Waals surface area contributed by atoms with Gasteiger partial charge in [-0.1, -0.05) is 18.2 Å². The molecule has 0 amide bonds. The van der Waals surface area contributed by atoms with Crippen LogP contribution in [0.25, 0.3) is 0 Å². The lowest BCUT2D eigenvalue weighted by Crippen LogP contribution is -2.43. The standard InChI is InChI=1S/C21H29N4O9P/c1-12(2)32-20(28)13(3)24-35(30,34-14-7-5-4-6-8-14)31-11-15-18(27)17(22)19(33-15)25-10-9-16(26)23-21(25)29/h4-10,12-13,15,17-19,27H,11,22H2,1-3H3,(H,24,30)(H,23,26,29)/t13-,15-,17-,18-,19-,35?/m1/s1. The number of esters is 1. The molecule has 13 nitrogen and oxygen atoms in total. The highest BCUT2D eigenvalue weighted by atomic mass is 31.2. The molecule has 1 saturated heterocycles. The molecule has 1 aliphatic heterocycles. The molecule has 1 fully saturated rings. The van der Waals surface area contributed by atoms with Crippen LogP contribution in [0.1, 0.15) is 27.0 Å². The largest absolute Gasteiger partial charge is 0.462 e. The number of ether oxygens (including phenoxy) is 2. The fourth-order valence-corrected chi connectivity index (χ4v) is 4.79. The Kier molecular flexibility index (Phi) is 8.65. The zero-order valence-electron chi connectivity index (χ0n) is 19.4. The van der Waals surface area contributed by atoms with Crippen molar-refractivity contribution < 1.29 is 33.0 Å². The zero-order valence-corrected chi connectivity index (χ0v) is 20.3. The van der Waals surface area contributed by atoms with Crippen LogP contribution in [-0.4, -0.2) is 57.6 Å². The highest BCUT2D eigenvalue weighted by molar-refractivity contribution is 7.52. The molecule has 2 aromatic rings. The van der Waals surface area contributed by atoms with Gasteiger partial charge in [-0.25, -0.2) is 9.36 Å². The first kappa shape index (κ1) is 26.8. The Hall–Kier alpha value is -2.80. The van der Waals surface area contributed by atoms with Gasteiger partial charge in [0.05, 0.1) is 18.8 Å². The van der Waals surface area contributed by atoms with Crippen LogP contribution in [0.3, 0.4) is 0 Å². The third-order valence-electron chi connectivity index (χ3n) is 4.98. The number of hydrogen-bond acceptors (Lipinski definition) is 10. The van der Waals surface area contributed by atoms with Crippen LogP contribution in [0.4, 0.5) is 0 Å². The zero-order chi connectivity index (χ0) is 25.8. The van der Waals surface area contributed by atoms with Crippen molar-refractivity contribution in [3.63, 3.8) is 0 Å². The summed E-state index contributed by atoms with van der Waals surface area (Å²) in [5.74, 6) is -0.466. The topological polar surface area (TPSA) is 184 Å². The SMILES string of the molecule is CC(C)OC(=O)[C@@H](C)NP(=O)(OC[C@H]1O[C@@H](n2ccc(=O)[nH]c2=O)[C@H](N)[C@@H]1O)Oc1ccccc1. The molecule has 0 spiro atoms. The molecular formula is C21H29N4O9P. The molecule has 0 bridgehead atoms. The lowest BCUT2D eigenvalue weighted by molar-refractivity contribution is -0.149. The second-order valence-corrected chi connectivity index (χ2v) is 9.88. The van der Waals surface area contributed by atoms with E-state index in [0.717, 1.165) is 10.6 Å². The Morgan fingerprint density at radius 2 is 1.94 bits per heavy atom. The number of carbonyl (C=O) groups excluding carboxylic acids is 1. The number of nitrogens with two attached hydrogens (primary N) is 1. The number of H-pyrrole nitrogens is 1. The number of aliphatic hydroxyl groups excluding tert-OH is 1. The molecular weight excluding hydrogens is 483 g/mol. The molecule has 6 atom stereocenters. The minimum absolute atomic E-state index is 0.204. The van der Waals surface area contributed by atoms with Gasteiger partial charge in [0, 0.05) is 12.3 Å². The second-order valence-electron chi connectivity index (χ2n) is 8.18. The number of carbonyl (C=O) groups is 1. The van der Waals surface area contributed by atoms with E-state index in [0.29, 0.717) is 0 Å². The first-order valence-corrected chi connectivity index (χ1v) is 12.4. The van der Waals surface area contributed by atoms with Crippen LogP contribution < -0.4 is 26.6 Å². The van der Waals surface area contributed by atoms with Gasteiger partial charge < -0.3 is 24.8 Å². The van der Waals surface area contributed by atoms with Crippen LogP contribution >= 0.6 is 7.75 Å². The van der Waals surface area contributed by atoms with Crippen molar-refractivity contribution in [3.05, 3.63) is 63.4 Å². The Balaban J connectivity index is 1.75. The van der Waals surface area contributed by atoms with Gasteiger partial charge in [0.2, 0.25) is 0 Å².